The maximum Gasteiger partial charge on any atom is 0.471 e. The van der Waals surface area contributed by atoms with Gasteiger partial charge in [-0.15, -0.1) is 0 Å². The molecule has 0 saturated heterocycles. The van der Waals surface area contributed by atoms with Gasteiger partial charge in [0, 0.05) is 39.3 Å². The number of amides is 3. The average molecular weight is 466 g/mol. The molecule has 1 unspecified atom stereocenters. The van der Waals surface area contributed by atoms with E-state index in [2.05, 4.69) is 0 Å². The van der Waals surface area contributed by atoms with Crippen LogP contribution in [0.25, 0.3) is 0 Å². The fourth-order valence-electron chi connectivity index (χ4n) is 1.77. The van der Waals surface area contributed by atoms with Gasteiger partial charge in [0.05, 0.1) is 0 Å². The van der Waals surface area contributed by atoms with Crippen LogP contribution in [0.5, 0.6) is 0 Å². The Morgan fingerprint density at radius 1 is 0.667 bits per heavy atom. The molecule has 0 aliphatic heterocycles. The summed E-state index contributed by atoms with van der Waals surface area (Å²) in [6.45, 7) is -3.34. The molecular weight excluding hydrogens is 450 g/mol. The lowest BCUT2D eigenvalue weighted by Gasteiger charge is -2.23. The number of nitrogens with one attached hydrogen (secondary N) is 3. The van der Waals surface area contributed by atoms with E-state index in [9.17, 15) is 58.3 Å². The van der Waals surface area contributed by atoms with Crippen molar-refractivity contribution in [3.05, 3.63) is 0 Å². The van der Waals surface area contributed by atoms with Gasteiger partial charge < -0.3 is 16.0 Å². The van der Waals surface area contributed by atoms with Gasteiger partial charge in [-0.3, -0.25) is 19.3 Å². The normalized spacial score (nSPS) is 13.7. The minimum atomic E-state index is -5.46. The first-order chi connectivity index (χ1) is 13.5. The lowest BCUT2D eigenvalue weighted by molar-refractivity contribution is -0.186. The Morgan fingerprint density at radius 2 is 1.00 bits per heavy atom. The molecule has 176 valence electrons. The van der Waals surface area contributed by atoms with Crippen LogP contribution in [0.1, 0.15) is 0 Å². The van der Waals surface area contributed by atoms with E-state index in [4.69, 9.17) is 0 Å². The highest BCUT2D eigenvalue weighted by Crippen LogP contribution is 2.22. The van der Waals surface area contributed by atoms with Crippen molar-refractivity contribution in [2.75, 3.05) is 39.3 Å². The van der Waals surface area contributed by atoms with Crippen LogP contribution in [0.2, 0.25) is 0 Å². The fraction of sp³-hybridized carbons (Fsp3) is 0.769. The second-order valence-electron chi connectivity index (χ2n) is 5.54. The Hall–Kier alpha value is -2.33. The summed E-state index contributed by atoms with van der Waals surface area (Å²) in [4.78, 5) is 33.4. The molecule has 0 saturated carbocycles. The van der Waals surface area contributed by atoms with Gasteiger partial charge >= 0.3 is 30.3 Å². The van der Waals surface area contributed by atoms with E-state index in [1.165, 1.54) is 10.6 Å². The van der Waals surface area contributed by atoms with Crippen LogP contribution in [0.3, 0.4) is 0 Å². The number of hydrogen-bond donors (Lipinski definition) is 3. The van der Waals surface area contributed by atoms with E-state index in [-0.39, 0.29) is 0 Å². The van der Waals surface area contributed by atoms with Crippen molar-refractivity contribution in [2.45, 2.75) is 24.7 Å². The van der Waals surface area contributed by atoms with E-state index in [0.29, 0.717) is 0 Å². The molecule has 0 bridgehead atoms. The van der Waals surface area contributed by atoms with Crippen molar-refractivity contribution >= 4 is 17.7 Å². The number of carbonyl (C=O) groups excluding carboxylic acids is 3. The highest BCUT2D eigenvalue weighted by atomic mass is 19.4. The minimum Gasteiger partial charge on any atom is -0.352 e. The third-order valence-electron chi connectivity index (χ3n) is 3.19. The molecule has 30 heavy (non-hydrogen) atoms. The Labute approximate surface area is 162 Å². The molecule has 0 aromatic heterocycles. The number of rotatable bonds is 10. The van der Waals surface area contributed by atoms with E-state index in [1.54, 1.807) is 5.32 Å². The standard InChI is InChI=1S/C13H16F10N4O3/c14-7(11(15,16)17)8(28)24-1-4-27(5-2-25-9(29)12(18,19)20)6-3-26-10(30)13(21,22)23/h7H,1-6H2,(H,24,28)(H,25,29)(H,26,30). The number of alkyl halides is 10. The average Bonchev–Trinajstić information content (AvgIpc) is 2.57. The number of halogens is 10. The van der Waals surface area contributed by atoms with E-state index >= 15 is 0 Å². The molecule has 0 spiro atoms. The largest absolute Gasteiger partial charge is 0.471 e. The fourth-order valence-corrected chi connectivity index (χ4v) is 1.77. The SMILES string of the molecule is O=C(NCCN(CCNC(=O)C(F)(F)F)CCNC(=O)C(F)(F)F)C(F)C(F)(F)F. The lowest BCUT2D eigenvalue weighted by Crippen LogP contribution is -2.47. The lowest BCUT2D eigenvalue weighted by atomic mass is 10.3. The Balaban J connectivity index is 4.68. The summed E-state index contributed by atoms with van der Waals surface area (Å²) in [6.07, 6.45) is -19.7. The van der Waals surface area contributed by atoms with Crippen molar-refractivity contribution in [3.63, 3.8) is 0 Å². The molecule has 17 heteroatoms. The molecule has 7 nitrogen and oxygen atoms in total. The summed E-state index contributed by atoms with van der Waals surface area (Å²) in [5.74, 6) is -6.67. The summed E-state index contributed by atoms with van der Waals surface area (Å²) in [6, 6.07) is 0. The van der Waals surface area contributed by atoms with Gasteiger partial charge in [-0.1, -0.05) is 0 Å². The van der Waals surface area contributed by atoms with Crippen molar-refractivity contribution < 1.29 is 58.3 Å². The maximum absolute atomic E-state index is 12.8. The predicted molar refractivity (Wildman–Crippen MR) is 78.5 cm³/mol. The second-order valence-corrected chi connectivity index (χ2v) is 5.54. The molecule has 0 rings (SSSR count). The minimum absolute atomic E-state index is 0.444. The van der Waals surface area contributed by atoms with Crippen LogP contribution < -0.4 is 16.0 Å². The highest BCUT2D eigenvalue weighted by molar-refractivity contribution is 5.82. The summed E-state index contributed by atoms with van der Waals surface area (Å²) < 4.78 is 121. The predicted octanol–water partition coefficient (Wildman–Crippen LogP) is 0.662. The van der Waals surface area contributed by atoms with Crippen molar-refractivity contribution in [3.8, 4) is 0 Å². The van der Waals surface area contributed by atoms with Crippen LogP contribution in [0, 0.1) is 0 Å². The van der Waals surface area contributed by atoms with Crippen LogP contribution in [-0.4, -0.2) is 86.6 Å². The van der Waals surface area contributed by atoms with Crippen molar-refractivity contribution in [1.82, 2.24) is 20.9 Å². The Kier molecular flexibility index (Phi) is 10.3. The first-order valence-electron chi connectivity index (χ1n) is 7.87. The zero-order valence-corrected chi connectivity index (χ0v) is 14.8. The quantitative estimate of drug-likeness (QED) is 0.413. The third kappa shape index (κ3) is 11.0. The molecule has 0 radical (unpaired) electrons. The molecule has 0 aromatic rings. The van der Waals surface area contributed by atoms with Gasteiger partial charge in [0.15, 0.2) is 0 Å². The van der Waals surface area contributed by atoms with Crippen LogP contribution in [0.15, 0.2) is 0 Å². The van der Waals surface area contributed by atoms with E-state index < -0.39 is 81.7 Å². The molecule has 0 heterocycles. The molecule has 3 N–H and O–H groups in total. The van der Waals surface area contributed by atoms with Crippen molar-refractivity contribution in [2.24, 2.45) is 0 Å². The zero-order chi connectivity index (χ0) is 23.8. The third-order valence-corrected chi connectivity index (χ3v) is 3.19. The Bertz CT molecular complexity index is 559. The van der Waals surface area contributed by atoms with Gasteiger partial charge in [0.2, 0.25) is 0 Å². The molecule has 0 aromatic carbocycles. The summed E-state index contributed by atoms with van der Waals surface area (Å²) in [7, 11) is 0. The van der Waals surface area contributed by atoms with Crippen LogP contribution >= 0.6 is 0 Å². The van der Waals surface area contributed by atoms with E-state index in [0.717, 1.165) is 4.90 Å². The molecule has 3 amide bonds. The number of carbonyl (C=O) groups is 3. The zero-order valence-electron chi connectivity index (χ0n) is 14.8. The Morgan fingerprint density at radius 3 is 1.30 bits per heavy atom. The summed E-state index contributed by atoms with van der Waals surface area (Å²) in [5.41, 5.74) is 0. The molecule has 0 fully saturated rings. The first-order valence-corrected chi connectivity index (χ1v) is 7.87. The second kappa shape index (κ2) is 11.2. The van der Waals surface area contributed by atoms with Gasteiger partial charge in [0.1, 0.15) is 0 Å². The topological polar surface area (TPSA) is 90.5 Å². The van der Waals surface area contributed by atoms with E-state index in [1.807, 2.05) is 0 Å². The van der Waals surface area contributed by atoms with Gasteiger partial charge in [-0.25, -0.2) is 4.39 Å². The van der Waals surface area contributed by atoms with Crippen molar-refractivity contribution in [1.29, 1.82) is 0 Å². The number of hydrogen-bond acceptors (Lipinski definition) is 4. The van der Waals surface area contributed by atoms with Gasteiger partial charge in [-0.2, -0.15) is 39.5 Å². The smallest absolute Gasteiger partial charge is 0.352 e. The molecule has 0 aliphatic carbocycles. The first kappa shape index (κ1) is 27.7. The van der Waals surface area contributed by atoms with Crippen LogP contribution in [-0.2, 0) is 14.4 Å². The molecule has 1 atom stereocenters. The van der Waals surface area contributed by atoms with Gasteiger partial charge in [-0.05, 0) is 0 Å². The molecule has 0 aliphatic rings. The summed E-state index contributed by atoms with van der Waals surface area (Å²) >= 11 is 0. The monoisotopic (exact) mass is 466 g/mol. The van der Waals surface area contributed by atoms with Gasteiger partial charge in [0.25, 0.3) is 12.1 Å². The highest BCUT2D eigenvalue weighted by Gasteiger charge is 2.45. The summed E-state index contributed by atoms with van der Waals surface area (Å²) in [5, 5.41) is 4.45. The number of nitrogens with zero attached hydrogens (tertiary/aromatic N) is 1. The molecular formula is C13H16F10N4O3. The van der Waals surface area contributed by atoms with Crippen LogP contribution in [0.4, 0.5) is 43.9 Å². The maximum atomic E-state index is 12.8.